The van der Waals surface area contributed by atoms with Crippen LogP contribution in [0.4, 0.5) is 0 Å². The quantitative estimate of drug-likeness (QED) is 0.593. The van der Waals surface area contributed by atoms with Gasteiger partial charge in [-0.3, -0.25) is 14.4 Å². The molecule has 0 aromatic rings. The van der Waals surface area contributed by atoms with Crippen LogP contribution in [-0.2, 0) is 14.4 Å². The molecule has 1 unspecified atom stereocenters. The van der Waals surface area contributed by atoms with Crippen molar-refractivity contribution in [2.75, 3.05) is 0 Å². The summed E-state index contributed by atoms with van der Waals surface area (Å²) in [5.74, 6) is -2.25. The number of aliphatic hydroxyl groups excluding tert-OH is 1. The van der Waals surface area contributed by atoms with Gasteiger partial charge in [-0.2, -0.15) is 0 Å². The van der Waals surface area contributed by atoms with Crippen molar-refractivity contribution in [1.29, 1.82) is 0 Å². The Morgan fingerprint density at radius 2 is 1.59 bits per heavy atom. The number of carbonyl (C=O) groups excluding carboxylic acids is 3. The first-order valence-electron chi connectivity index (χ1n) is 10.1. The second-order valence-corrected chi connectivity index (χ2v) is 9.14. The molecule has 2 atom stereocenters. The summed E-state index contributed by atoms with van der Waals surface area (Å²) in [6.45, 7) is 11.7. The van der Waals surface area contributed by atoms with Crippen molar-refractivity contribution in [2.24, 2.45) is 23.7 Å². The van der Waals surface area contributed by atoms with Crippen LogP contribution in [0.25, 0.3) is 0 Å². The predicted octanol–water partition coefficient (Wildman–Crippen LogP) is 4.18. The minimum absolute atomic E-state index is 0.0521. The molecule has 0 saturated heterocycles. The molecule has 1 rings (SSSR count). The Morgan fingerprint density at radius 1 is 1.04 bits per heavy atom. The van der Waals surface area contributed by atoms with Crippen LogP contribution in [0.2, 0.25) is 0 Å². The van der Waals surface area contributed by atoms with E-state index in [0.29, 0.717) is 25.2 Å². The molecule has 0 spiro atoms. The van der Waals surface area contributed by atoms with Crippen molar-refractivity contribution in [3.05, 3.63) is 11.3 Å². The third-order valence-electron chi connectivity index (χ3n) is 5.23. The highest BCUT2D eigenvalue weighted by atomic mass is 16.3. The number of aliphatic hydroxyl groups is 2. The zero-order chi connectivity index (χ0) is 20.9. The summed E-state index contributed by atoms with van der Waals surface area (Å²) < 4.78 is 0. The summed E-state index contributed by atoms with van der Waals surface area (Å²) in [7, 11) is 0. The van der Waals surface area contributed by atoms with E-state index in [-0.39, 0.29) is 48.2 Å². The van der Waals surface area contributed by atoms with Gasteiger partial charge in [0.25, 0.3) is 0 Å². The first-order chi connectivity index (χ1) is 12.4. The maximum Gasteiger partial charge on any atom is 0.189 e. The molecule has 0 radical (unpaired) electrons. The van der Waals surface area contributed by atoms with Crippen LogP contribution >= 0.6 is 0 Å². The van der Waals surface area contributed by atoms with Crippen LogP contribution in [0.3, 0.4) is 0 Å². The molecular weight excluding hydrogens is 344 g/mol. The Morgan fingerprint density at radius 3 is 2.07 bits per heavy atom. The Labute approximate surface area is 163 Å². The van der Waals surface area contributed by atoms with Crippen molar-refractivity contribution >= 4 is 17.3 Å². The zero-order valence-corrected chi connectivity index (χ0v) is 17.7. The molecular formula is C22H36O5. The summed E-state index contributed by atoms with van der Waals surface area (Å²) in [6, 6.07) is 0. The number of allylic oxidation sites excluding steroid dienone is 1. The molecule has 0 aromatic carbocycles. The van der Waals surface area contributed by atoms with Crippen LogP contribution in [0.15, 0.2) is 11.3 Å². The predicted molar refractivity (Wildman–Crippen MR) is 105 cm³/mol. The van der Waals surface area contributed by atoms with Crippen LogP contribution in [-0.4, -0.2) is 33.2 Å². The summed E-state index contributed by atoms with van der Waals surface area (Å²) >= 11 is 0. The SMILES string of the molecule is CC(C)CCC(=O)[C@@]1(O)C(O)=C(C(=O)CC(C)C)CC(=O)C1CCC(C)C. The number of rotatable bonds is 10. The minimum Gasteiger partial charge on any atom is -0.508 e. The van der Waals surface area contributed by atoms with Gasteiger partial charge in [-0.25, -0.2) is 0 Å². The lowest BCUT2D eigenvalue weighted by Gasteiger charge is -2.38. The summed E-state index contributed by atoms with van der Waals surface area (Å²) in [6.07, 6.45) is 1.54. The molecule has 0 heterocycles. The number of hydrogen-bond donors (Lipinski definition) is 2. The van der Waals surface area contributed by atoms with Gasteiger partial charge in [0.1, 0.15) is 11.5 Å². The molecule has 2 N–H and O–H groups in total. The van der Waals surface area contributed by atoms with E-state index >= 15 is 0 Å². The smallest absolute Gasteiger partial charge is 0.189 e. The van der Waals surface area contributed by atoms with Crippen molar-refractivity contribution in [2.45, 2.75) is 85.7 Å². The first-order valence-corrected chi connectivity index (χ1v) is 10.1. The lowest BCUT2D eigenvalue weighted by atomic mass is 9.68. The van der Waals surface area contributed by atoms with Crippen LogP contribution in [0, 0.1) is 23.7 Å². The van der Waals surface area contributed by atoms with E-state index in [1.807, 2.05) is 41.5 Å². The van der Waals surface area contributed by atoms with E-state index in [1.54, 1.807) is 0 Å². The van der Waals surface area contributed by atoms with Crippen LogP contribution < -0.4 is 0 Å². The van der Waals surface area contributed by atoms with Crippen LogP contribution in [0.1, 0.15) is 80.1 Å². The highest BCUT2D eigenvalue weighted by Gasteiger charge is 2.54. The van der Waals surface area contributed by atoms with E-state index in [4.69, 9.17) is 0 Å². The maximum absolute atomic E-state index is 12.9. The number of Topliss-reactive ketones (excluding diaryl/α,β-unsaturated/α-hetero) is 3. The topological polar surface area (TPSA) is 91.7 Å². The van der Waals surface area contributed by atoms with Gasteiger partial charge in [-0.05, 0) is 30.6 Å². The fourth-order valence-corrected chi connectivity index (χ4v) is 3.54. The standard InChI is InChI=1S/C22H36O5/c1-13(2)7-9-17-19(24)12-16(18(23)11-15(5)6)21(26)22(17,27)20(25)10-8-14(3)4/h13-15,17,26-27H,7-12H2,1-6H3/t17?,22-/m1/s1. The van der Waals surface area contributed by atoms with Crippen molar-refractivity contribution < 1.29 is 24.6 Å². The van der Waals surface area contributed by atoms with E-state index in [2.05, 4.69) is 0 Å². The average molecular weight is 381 g/mol. The highest BCUT2D eigenvalue weighted by molar-refractivity contribution is 6.08. The van der Waals surface area contributed by atoms with Gasteiger partial charge in [0.2, 0.25) is 0 Å². The molecule has 5 nitrogen and oxygen atoms in total. The van der Waals surface area contributed by atoms with Gasteiger partial charge in [0, 0.05) is 24.8 Å². The molecule has 1 aliphatic rings. The van der Waals surface area contributed by atoms with E-state index < -0.39 is 23.1 Å². The third-order valence-corrected chi connectivity index (χ3v) is 5.23. The average Bonchev–Trinajstić information content (AvgIpc) is 2.54. The van der Waals surface area contributed by atoms with Gasteiger partial charge < -0.3 is 10.2 Å². The van der Waals surface area contributed by atoms with Crippen molar-refractivity contribution in [3.63, 3.8) is 0 Å². The lowest BCUT2D eigenvalue weighted by Crippen LogP contribution is -2.54. The molecule has 0 amide bonds. The Balaban J connectivity index is 3.34. The molecule has 27 heavy (non-hydrogen) atoms. The monoisotopic (exact) mass is 380 g/mol. The molecule has 1 aliphatic carbocycles. The third kappa shape index (κ3) is 5.74. The van der Waals surface area contributed by atoms with Gasteiger partial charge in [0.05, 0.1) is 5.92 Å². The van der Waals surface area contributed by atoms with Crippen LogP contribution in [0.5, 0.6) is 0 Å². The summed E-state index contributed by atoms with van der Waals surface area (Å²) in [4.78, 5) is 38.2. The summed E-state index contributed by atoms with van der Waals surface area (Å²) in [5.41, 5.74) is -2.36. The normalized spacial score (nSPS) is 23.6. The second-order valence-electron chi connectivity index (χ2n) is 9.14. The van der Waals surface area contributed by atoms with E-state index in [0.717, 1.165) is 0 Å². The Hall–Kier alpha value is -1.49. The number of ketones is 3. The number of hydrogen-bond acceptors (Lipinski definition) is 5. The molecule has 0 bridgehead atoms. The van der Waals surface area contributed by atoms with Gasteiger partial charge in [0.15, 0.2) is 17.2 Å². The number of carbonyl (C=O) groups is 3. The zero-order valence-electron chi connectivity index (χ0n) is 17.7. The van der Waals surface area contributed by atoms with Gasteiger partial charge >= 0.3 is 0 Å². The van der Waals surface area contributed by atoms with E-state index in [9.17, 15) is 24.6 Å². The molecule has 0 saturated carbocycles. The molecule has 5 heteroatoms. The summed E-state index contributed by atoms with van der Waals surface area (Å²) in [5, 5.41) is 22.1. The highest BCUT2D eigenvalue weighted by Crippen LogP contribution is 2.40. The Bertz CT molecular complexity index is 600. The largest absolute Gasteiger partial charge is 0.508 e. The van der Waals surface area contributed by atoms with Crippen molar-refractivity contribution in [1.82, 2.24) is 0 Å². The molecule has 0 aromatic heterocycles. The first kappa shape index (κ1) is 23.5. The van der Waals surface area contributed by atoms with Gasteiger partial charge in [-0.15, -0.1) is 0 Å². The van der Waals surface area contributed by atoms with Gasteiger partial charge in [-0.1, -0.05) is 48.0 Å². The maximum atomic E-state index is 12.9. The van der Waals surface area contributed by atoms with E-state index in [1.165, 1.54) is 0 Å². The Kier molecular flexibility index (Phi) is 8.40. The minimum atomic E-state index is -2.28. The molecule has 0 aliphatic heterocycles. The second kappa shape index (κ2) is 9.63. The fourth-order valence-electron chi connectivity index (χ4n) is 3.54. The fraction of sp³-hybridized carbons (Fsp3) is 0.773. The molecule has 0 fully saturated rings. The van der Waals surface area contributed by atoms with Crippen molar-refractivity contribution in [3.8, 4) is 0 Å². The molecule has 154 valence electrons. The lowest BCUT2D eigenvalue weighted by molar-refractivity contribution is -0.152.